The maximum Gasteiger partial charge on any atom is -0.0178 e. The van der Waals surface area contributed by atoms with Crippen LogP contribution in [0.1, 0.15) is 25.0 Å². The Bertz CT molecular complexity index is 606. The number of benzene rings is 2. The van der Waals surface area contributed by atoms with Crippen molar-refractivity contribution in [1.29, 1.82) is 0 Å². The van der Waals surface area contributed by atoms with Crippen LogP contribution in [0.15, 0.2) is 55.1 Å². The van der Waals surface area contributed by atoms with Gasteiger partial charge >= 0.3 is 0 Å². The third-order valence-electron chi connectivity index (χ3n) is 2.58. The van der Waals surface area contributed by atoms with Gasteiger partial charge in [0, 0.05) is 0 Å². The van der Waals surface area contributed by atoms with Gasteiger partial charge in [0.05, 0.1) is 0 Å². The first-order valence-corrected chi connectivity index (χ1v) is 6.28. The lowest BCUT2D eigenvalue weighted by molar-refractivity contribution is 1.50. The Morgan fingerprint density at radius 1 is 0.833 bits per heavy atom. The molecule has 0 saturated heterocycles. The molecule has 0 N–H and O–H groups in total. The summed E-state index contributed by atoms with van der Waals surface area (Å²) in [4.78, 5) is 0. The van der Waals surface area contributed by atoms with E-state index in [4.69, 9.17) is 0 Å². The highest BCUT2D eigenvalue weighted by atomic mass is 14.0. The first kappa shape index (κ1) is 14.0. The van der Waals surface area contributed by atoms with Crippen LogP contribution >= 0.6 is 0 Å². The van der Waals surface area contributed by atoms with Crippen LogP contribution in [-0.2, 0) is 0 Å². The molecule has 0 aromatic heterocycles. The van der Waals surface area contributed by atoms with Crippen molar-refractivity contribution in [2.24, 2.45) is 0 Å². The van der Waals surface area contributed by atoms with E-state index < -0.39 is 0 Å². The Morgan fingerprint density at radius 2 is 1.39 bits per heavy atom. The molecule has 2 aromatic carbocycles. The second kappa shape index (κ2) is 7.29. The van der Waals surface area contributed by atoms with Gasteiger partial charge < -0.3 is 0 Å². The monoisotopic (exact) mass is 236 g/mol. The normalized spacial score (nSPS) is 10.4. The molecule has 0 nitrogen and oxygen atoms in total. The zero-order chi connectivity index (χ0) is 13.4. The zero-order valence-electron chi connectivity index (χ0n) is 11.2. The molecule has 0 radical (unpaired) electrons. The predicted octanol–water partition coefficient (Wildman–Crippen LogP) is 3.59. The zero-order valence-corrected chi connectivity index (χ0v) is 11.2. The van der Waals surface area contributed by atoms with Gasteiger partial charge in [0.25, 0.3) is 0 Å². The van der Waals surface area contributed by atoms with Crippen LogP contribution in [0.2, 0.25) is 0 Å². The molecule has 0 saturated carbocycles. The Hall–Kier alpha value is -2.08. The summed E-state index contributed by atoms with van der Waals surface area (Å²) in [5.74, 6) is 0. The molecule has 92 valence electrons. The summed E-state index contributed by atoms with van der Waals surface area (Å²) in [7, 11) is 0. The molecule has 0 fully saturated rings. The Morgan fingerprint density at radius 3 is 2.00 bits per heavy atom. The van der Waals surface area contributed by atoms with Crippen LogP contribution in [0.4, 0.5) is 0 Å². The molecule has 0 amide bonds. The van der Waals surface area contributed by atoms with Crippen molar-refractivity contribution < 1.29 is 0 Å². The first-order valence-electron chi connectivity index (χ1n) is 6.28. The minimum absolute atomic E-state index is 1.04. The fourth-order valence-electron chi connectivity index (χ4n) is 1.67. The van der Waals surface area contributed by atoms with E-state index in [1.807, 2.05) is 50.3 Å². The molecule has 2 rings (SSSR count). The highest BCUT2D eigenvalue weighted by Crippen LogP contribution is 2.09. The third-order valence-corrected chi connectivity index (χ3v) is 2.58. The minimum atomic E-state index is 1.04. The second-order valence-corrected chi connectivity index (χ2v) is 3.68. The van der Waals surface area contributed by atoms with Crippen LogP contribution in [0, 0.1) is 0 Å². The van der Waals surface area contributed by atoms with Gasteiger partial charge in [-0.1, -0.05) is 81.6 Å². The summed E-state index contributed by atoms with van der Waals surface area (Å²) in [6.07, 6.45) is 4.01. The van der Waals surface area contributed by atoms with Crippen molar-refractivity contribution >= 4 is 18.7 Å². The van der Waals surface area contributed by atoms with Crippen molar-refractivity contribution in [3.63, 3.8) is 0 Å². The van der Waals surface area contributed by atoms with Crippen molar-refractivity contribution in [3.8, 4) is 0 Å². The molecule has 0 spiro atoms. The van der Waals surface area contributed by atoms with Crippen molar-refractivity contribution in [1.82, 2.24) is 0 Å². The Balaban J connectivity index is 0.000000771. The predicted molar refractivity (Wildman–Crippen MR) is 82.7 cm³/mol. The average Bonchev–Trinajstić information content (AvgIpc) is 2.44. The molecule has 0 aliphatic carbocycles. The molecular formula is C18H20. The molecule has 0 aliphatic heterocycles. The van der Waals surface area contributed by atoms with E-state index in [1.54, 1.807) is 0 Å². The smallest absolute Gasteiger partial charge is 0.0178 e. The lowest BCUT2D eigenvalue weighted by Crippen LogP contribution is -2.21. The molecule has 0 atom stereocenters. The topological polar surface area (TPSA) is 0 Å². The van der Waals surface area contributed by atoms with E-state index in [1.165, 1.54) is 5.56 Å². The van der Waals surface area contributed by atoms with E-state index >= 15 is 0 Å². The quantitative estimate of drug-likeness (QED) is 0.747. The molecule has 0 heteroatoms. The van der Waals surface area contributed by atoms with Gasteiger partial charge in [-0.3, -0.25) is 0 Å². The fourth-order valence-corrected chi connectivity index (χ4v) is 1.67. The van der Waals surface area contributed by atoms with Crippen LogP contribution < -0.4 is 10.4 Å². The number of hydrogen-bond donors (Lipinski definition) is 0. The summed E-state index contributed by atoms with van der Waals surface area (Å²) in [6, 6.07) is 16.3. The van der Waals surface area contributed by atoms with Crippen LogP contribution in [-0.4, -0.2) is 0 Å². The molecular weight excluding hydrogens is 216 g/mol. The average molecular weight is 236 g/mol. The highest BCUT2D eigenvalue weighted by Gasteiger charge is 1.93. The van der Waals surface area contributed by atoms with Gasteiger partial charge in [-0.05, 0) is 27.6 Å². The Labute approximate surface area is 110 Å². The first-order chi connectivity index (χ1) is 8.81. The number of hydrogen-bond acceptors (Lipinski definition) is 0. The van der Waals surface area contributed by atoms with Crippen LogP contribution in [0.25, 0.3) is 18.7 Å². The van der Waals surface area contributed by atoms with Gasteiger partial charge in [0.2, 0.25) is 0 Å². The molecule has 18 heavy (non-hydrogen) atoms. The van der Waals surface area contributed by atoms with Gasteiger partial charge in [-0.2, -0.15) is 0 Å². The number of rotatable bonds is 2. The van der Waals surface area contributed by atoms with Gasteiger partial charge in [-0.25, -0.2) is 0 Å². The lowest BCUT2D eigenvalue weighted by atomic mass is 10.1. The van der Waals surface area contributed by atoms with Crippen molar-refractivity contribution in [2.75, 3.05) is 0 Å². The third kappa shape index (κ3) is 3.46. The largest absolute Gasteiger partial charge is 0.0984 e. The van der Waals surface area contributed by atoms with Crippen LogP contribution in [0.3, 0.4) is 0 Å². The molecule has 0 heterocycles. The van der Waals surface area contributed by atoms with Gasteiger partial charge in [-0.15, -0.1) is 0 Å². The highest BCUT2D eigenvalue weighted by molar-refractivity contribution is 5.64. The van der Waals surface area contributed by atoms with Crippen molar-refractivity contribution in [2.45, 2.75) is 13.8 Å². The maximum absolute atomic E-state index is 4.02. The fraction of sp³-hybridized carbons (Fsp3) is 0.111. The summed E-state index contributed by atoms with van der Waals surface area (Å²) in [5.41, 5.74) is 2.32. The van der Waals surface area contributed by atoms with E-state index in [2.05, 4.69) is 37.4 Å². The van der Waals surface area contributed by atoms with Gasteiger partial charge in [0.15, 0.2) is 0 Å². The molecule has 0 aliphatic rings. The minimum Gasteiger partial charge on any atom is -0.0984 e. The Kier molecular flexibility index (Phi) is 5.66. The summed E-state index contributed by atoms with van der Waals surface area (Å²) in [6.45, 7) is 11.8. The van der Waals surface area contributed by atoms with E-state index in [0.717, 1.165) is 16.0 Å². The van der Waals surface area contributed by atoms with E-state index in [-0.39, 0.29) is 0 Å². The van der Waals surface area contributed by atoms with Gasteiger partial charge in [0.1, 0.15) is 0 Å². The summed E-state index contributed by atoms with van der Waals surface area (Å²) < 4.78 is 0. The molecule has 0 unspecified atom stereocenters. The second-order valence-electron chi connectivity index (χ2n) is 3.68. The van der Waals surface area contributed by atoms with Crippen LogP contribution in [0.5, 0.6) is 0 Å². The standard InChI is InChI=1S/C16H14.C2H6/c1-3-14-9-6-7-11-16(14)12-15-10-5-4-8-13(15)2;1-2/h3-12H,1-2H2;1-2H3/b15-12-;. The summed E-state index contributed by atoms with van der Waals surface area (Å²) >= 11 is 0. The van der Waals surface area contributed by atoms with Crippen molar-refractivity contribution in [3.05, 3.63) is 76.7 Å². The molecule has 2 aromatic rings. The van der Waals surface area contributed by atoms with E-state index in [9.17, 15) is 0 Å². The lowest BCUT2D eigenvalue weighted by Gasteiger charge is -1.99. The molecule has 0 bridgehead atoms. The van der Waals surface area contributed by atoms with E-state index in [0.29, 0.717) is 0 Å². The summed E-state index contributed by atoms with van der Waals surface area (Å²) in [5, 5.41) is 2.19. The maximum atomic E-state index is 4.02. The SMILES string of the molecule is C=Cc1ccccc1/C=c1/ccccc1=C.CC.